The predicted octanol–water partition coefficient (Wildman–Crippen LogP) is 1.62. The van der Waals surface area contributed by atoms with Crippen LogP contribution in [0.3, 0.4) is 0 Å². The summed E-state index contributed by atoms with van der Waals surface area (Å²) in [5.41, 5.74) is -0.559. The summed E-state index contributed by atoms with van der Waals surface area (Å²) >= 11 is 1.32. The van der Waals surface area contributed by atoms with Gasteiger partial charge in [-0.15, -0.1) is 11.3 Å². The Balaban J connectivity index is 1.62. The van der Waals surface area contributed by atoms with E-state index in [0.29, 0.717) is 30.2 Å². The molecular weight excluding hydrogens is 352 g/mol. The molecule has 0 saturated carbocycles. The molecule has 0 N–H and O–H groups in total. The zero-order chi connectivity index (χ0) is 18.5. The number of hydrogen-bond donors (Lipinski definition) is 0. The fourth-order valence-electron chi connectivity index (χ4n) is 4.19. The van der Waals surface area contributed by atoms with Crippen LogP contribution in [0.25, 0.3) is 4.96 Å². The molecule has 2 aromatic heterocycles. The van der Waals surface area contributed by atoms with Crippen LogP contribution in [0.1, 0.15) is 43.6 Å². The number of carbonyl (C=O) groups excluding carboxylic acids is 2. The van der Waals surface area contributed by atoms with Crippen LogP contribution in [0.5, 0.6) is 0 Å². The Bertz CT molecular complexity index is 934. The summed E-state index contributed by atoms with van der Waals surface area (Å²) in [5, 5.41) is 1.80. The van der Waals surface area contributed by atoms with E-state index in [2.05, 4.69) is 4.98 Å². The zero-order valence-corrected chi connectivity index (χ0v) is 15.8. The molecule has 4 heterocycles. The standard InChI is InChI=1S/C18H22N4O3S/c1-12(2)21-6-3-4-18(16(21)25)5-7-20(11-18)15(24)13-10-14(23)19-17-22(13)8-9-26-17/h8-10,12H,3-7,11H2,1-2H3. The van der Waals surface area contributed by atoms with E-state index in [1.54, 1.807) is 20.9 Å². The van der Waals surface area contributed by atoms with Crippen molar-refractivity contribution >= 4 is 28.1 Å². The molecule has 0 aliphatic carbocycles. The van der Waals surface area contributed by atoms with Gasteiger partial charge in [0.25, 0.3) is 11.5 Å². The fraction of sp³-hybridized carbons (Fsp3) is 0.556. The molecule has 0 radical (unpaired) electrons. The van der Waals surface area contributed by atoms with Gasteiger partial charge in [0.2, 0.25) is 5.91 Å². The summed E-state index contributed by atoms with van der Waals surface area (Å²) in [5.74, 6) is -0.0362. The van der Waals surface area contributed by atoms with Gasteiger partial charge in [-0.1, -0.05) is 0 Å². The van der Waals surface area contributed by atoms with Crippen molar-refractivity contribution in [3.05, 3.63) is 33.7 Å². The Labute approximate surface area is 155 Å². The number of piperidine rings is 1. The average molecular weight is 374 g/mol. The molecule has 2 aliphatic rings. The molecule has 1 atom stereocenters. The number of rotatable bonds is 2. The Morgan fingerprint density at radius 1 is 1.27 bits per heavy atom. The lowest BCUT2D eigenvalue weighted by Gasteiger charge is -2.41. The van der Waals surface area contributed by atoms with Gasteiger partial charge in [0.05, 0.1) is 5.41 Å². The SMILES string of the molecule is CC(C)N1CCCC2(CCN(C(=O)c3cc(=O)nc4sccn34)C2)C1=O. The summed E-state index contributed by atoms with van der Waals surface area (Å²) < 4.78 is 1.66. The van der Waals surface area contributed by atoms with Crippen LogP contribution in [0.2, 0.25) is 0 Å². The lowest BCUT2D eigenvalue weighted by atomic mass is 9.78. The number of hydrogen-bond acceptors (Lipinski definition) is 5. The van der Waals surface area contributed by atoms with E-state index < -0.39 is 11.0 Å². The van der Waals surface area contributed by atoms with E-state index in [9.17, 15) is 14.4 Å². The van der Waals surface area contributed by atoms with E-state index in [-0.39, 0.29) is 17.9 Å². The summed E-state index contributed by atoms with van der Waals surface area (Å²) in [7, 11) is 0. The third-order valence-corrected chi connectivity index (χ3v) is 6.32. The summed E-state index contributed by atoms with van der Waals surface area (Å²) in [4.78, 5) is 46.1. The van der Waals surface area contributed by atoms with Crippen LogP contribution < -0.4 is 5.56 Å². The number of nitrogens with zero attached hydrogens (tertiary/aromatic N) is 4. The maximum atomic E-state index is 13.1. The van der Waals surface area contributed by atoms with Crippen molar-refractivity contribution in [2.24, 2.45) is 5.41 Å². The second-order valence-electron chi connectivity index (χ2n) is 7.49. The number of aromatic nitrogens is 2. The van der Waals surface area contributed by atoms with Gasteiger partial charge >= 0.3 is 0 Å². The Morgan fingerprint density at radius 3 is 2.85 bits per heavy atom. The minimum Gasteiger partial charge on any atom is -0.340 e. The number of likely N-dealkylation sites (tertiary alicyclic amines) is 2. The van der Waals surface area contributed by atoms with Gasteiger partial charge in [-0.05, 0) is 33.1 Å². The Morgan fingerprint density at radius 2 is 2.08 bits per heavy atom. The minimum absolute atomic E-state index is 0.168. The highest BCUT2D eigenvalue weighted by atomic mass is 32.1. The van der Waals surface area contributed by atoms with E-state index in [4.69, 9.17) is 0 Å². The highest BCUT2D eigenvalue weighted by Gasteiger charge is 2.50. The van der Waals surface area contributed by atoms with E-state index in [1.807, 2.05) is 18.7 Å². The first-order chi connectivity index (χ1) is 12.4. The van der Waals surface area contributed by atoms with Crippen LogP contribution in [0, 0.1) is 5.41 Å². The van der Waals surface area contributed by atoms with E-state index >= 15 is 0 Å². The lowest BCUT2D eigenvalue weighted by molar-refractivity contribution is -0.147. The van der Waals surface area contributed by atoms with Gasteiger partial charge in [-0.2, -0.15) is 4.98 Å². The number of thiazole rings is 1. The van der Waals surface area contributed by atoms with E-state index in [0.717, 1.165) is 19.4 Å². The monoisotopic (exact) mass is 374 g/mol. The molecule has 2 saturated heterocycles. The summed E-state index contributed by atoms with van der Waals surface area (Å²) in [6.45, 7) is 5.83. The van der Waals surface area contributed by atoms with Crippen LogP contribution in [-0.4, -0.2) is 56.7 Å². The molecule has 1 unspecified atom stereocenters. The van der Waals surface area contributed by atoms with Crippen LogP contribution in [0.15, 0.2) is 22.4 Å². The third-order valence-electron chi connectivity index (χ3n) is 5.57. The van der Waals surface area contributed by atoms with Crippen LogP contribution >= 0.6 is 11.3 Å². The molecule has 7 nitrogen and oxygen atoms in total. The first-order valence-corrected chi connectivity index (χ1v) is 9.86. The van der Waals surface area contributed by atoms with Gasteiger partial charge in [-0.3, -0.25) is 18.8 Å². The molecule has 138 valence electrons. The fourth-order valence-corrected chi connectivity index (χ4v) is 4.91. The quantitative estimate of drug-likeness (QED) is 0.801. The summed E-state index contributed by atoms with van der Waals surface area (Å²) in [6, 6.07) is 1.46. The normalized spacial score (nSPS) is 23.6. The third kappa shape index (κ3) is 2.63. The highest BCUT2D eigenvalue weighted by molar-refractivity contribution is 7.15. The first kappa shape index (κ1) is 17.2. The van der Waals surface area contributed by atoms with Crippen molar-refractivity contribution in [2.45, 2.75) is 39.2 Å². The maximum absolute atomic E-state index is 13.1. The molecule has 0 aromatic carbocycles. The van der Waals surface area contributed by atoms with Gasteiger partial charge in [0.1, 0.15) is 5.69 Å². The molecule has 2 aliphatic heterocycles. The Kier molecular flexibility index (Phi) is 4.10. The number of amides is 2. The molecule has 26 heavy (non-hydrogen) atoms. The molecular formula is C18H22N4O3S. The van der Waals surface area contributed by atoms with Gasteiger partial charge in [-0.25, -0.2) is 0 Å². The molecule has 2 aromatic rings. The predicted molar refractivity (Wildman–Crippen MR) is 98.4 cm³/mol. The molecule has 1 spiro atoms. The highest BCUT2D eigenvalue weighted by Crippen LogP contribution is 2.41. The first-order valence-electron chi connectivity index (χ1n) is 8.98. The van der Waals surface area contributed by atoms with Crippen LogP contribution in [-0.2, 0) is 4.79 Å². The molecule has 4 rings (SSSR count). The van der Waals surface area contributed by atoms with Crippen molar-refractivity contribution in [1.82, 2.24) is 19.2 Å². The maximum Gasteiger partial charge on any atom is 0.274 e. The number of carbonyl (C=O) groups is 2. The summed E-state index contributed by atoms with van der Waals surface area (Å²) in [6.07, 6.45) is 4.23. The van der Waals surface area contributed by atoms with Gasteiger partial charge in [0, 0.05) is 43.3 Å². The number of fused-ring (bicyclic) bond motifs is 1. The molecule has 2 fully saturated rings. The zero-order valence-electron chi connectivity index (χ0n) is 15.0. The Hall–Kier alpha value is -2.22. The van der Waals surface area contributed by atoms with E-state index in [1.165, 1.54) is 17.4 Å². The second-order valence-corrected chi connectivity index (χ2v) is 8.36. The topological polar surface area (TPSA) is 75.0 Å². The van der Waals surface area contributed by atoms with Crippen molar-refractivity contribution in [3.63, 3.8) is 0 Å². The molecule has 8 heteroatoms. The largest absolute Gasteiger partial charge is 0.340 e. The van der Waals surface area contributed by atoms with Gasteiger partial charge in [0.15, 0.2) is 4.96 Å². The van der Waals surface area contributed by atoms with Crippen molar-refractivity contribution in [3.8, 4) is 0 Å². The van der Waals surface area contributed by atoms with Gasteiger partial charge < -0.3 is 9.80 Å². The van der Waals surface area contributed by atoms with Crippen LogP contribution in [0.4, 0.5) is 0 Å². The lowest BCUT2D eigenvalue weighted by Crippen LogP contribution is -2.52. The molecule has 2 amide bonds. The van der Waals surface area contributed by atoms with Crippen molar-refractivity contribution in [2.75, 3.05) is 19.6 Å². The average Bonchev–Trinajstić information content (AvgIpc) is 3.23. The minimum atomic E-state index is -0.468. The second kappa shape index (κ2) is 6.19. The van der Waals surface area contributed by atoms with Crippen molar-refractivity contribution < 1.29 is 9.59 Å². The van der Waals surface area contributed by atoms with Crippen molar-refractivity contribution in [1.29, 1.82) is 0 Å². The smallest absolute Gasteiger partial charge is 0.274 e. The molecule has 0 bridgehead atoms.